The SMILES string of the molecule is CCOC(=O)c1cc([Si](C)(C)C)c2c(=O)[nH]c(=O)n(C)c2n1. The van der Waals surface area contributed by atoms with Crippen LogP contribution in [-0.2, 0) is 11.8 Å². The number of H-pyrrole nitrogens is 1. The Bertz CT molecular complexity index is 861. The predicted octanol–water partition coefficient (Wildman–Crippen LogP) is 0.344. The summed E-state index contributed by atoms with van der Waals surface area (Å²) < 4.78 is 6.22. The monoisotopic (exact) mass is 321 g/mol. The van der Waals surface area contributed by atoms with Crippen LogP contribution in [0.2, 0.25) is 19.6 Å². The third-order valence-electron chi connectivity index (χ3n) is 3.36. The Kier molecular flexibility index (Phi) is 4.06. The lowest BCUT2D eigenvalue weighted by Gasteiger charge is -2.19. The molecule has 1 N–H and O–H groups in total. The number of hydrogen-bond donors (Lipinski definition) is 1. The summed E-state index contributed by atoms with van der Waals surface area (Å²) in [6, 6.07) is 1.62. The van der Waals surface area contributed by atoms with Crippen molar-refractivity contribution in [3.63, 3.8) is 0 Å². The van der Waals surface area contributed by atoms with Crippen LogP contribution in [0.4, 0.5) is 0 Å². The molecule has 2 heterocycles. The maximum Gasteiger partial charge on any atom is 0.356 e. The van der Waals surface area contributed by atoms with Gasteiger partial charge in [0, 0.05) is 7.05 Å². The second kappa shape index (κ2) is 5.52. The van der Waals surface area contributed by atoms with E-state index in [1.54, 1.807) is 13.0 Å². The molecule has 0 radical (unpaired) electrons. The highest BCUT2D eigenvalue weighted by atomic mass is 28.3. The Morgan fingerprint density at radius 1 is 1.36 bits per heavy atom. The molecule has 8 heteroatoms. The van der Waals surface area contributed by atoms with E-state index in [1.165, 1.54) is 11.6 Å². The van der Waals surface area contributed by atoms with Gasteiger partial charge in [0.05, 0.1) is 20.1 Å². The van der Waals surface area contributed by atoms with Crippen molar-refractivity contribution in [1.29, 1.82) is 0 Å². The van der Waals surface area contributed by atoms with E-state index in [0.717, 1.165) is 5.19 Å². The van der Waals surface area contributed by atoms with Gasteiger partial charge >= 0.3 is 11.7 Å². The minimum Gasteiger partial charge on any atom is -0.461 e. The van der Waals surface area contributed by atoms with Gasteiger partial charge in [0.25, 0.3) is 5.56 Å². The van der Waals surface area contributed by atoms with E-state index in [4.69, 9.17) is 4.74 Å². The highest BCUT2D eigenvalue weighted by molar-refractivity contribution is 6.90. The fourth-order valence-corrected chi connectivity index (χ4v) is 3.78. The van der Waals surface area contributed by atoms with Crippen molar-refractivity contribution < 1.29 is 9.53 Å². The quantitative estimate of drug-likeness (QED) is 0.650. The van der Waals surface area contributed by atoms with E-state index in [9.17, 15) is 14.4 Å². The number of esters is 1. The summed E-state index contributed by atoms with van der Waals surface area (Å²) in [5.74, 6) is -0.559. The Labute approximate surface area is 128 Å². The molecule has 0 fully saturated rings. The second-order valence-corrected chi connectivity index (χ2v) is 11.1. The van der Waals surface area contributed by atoms with E-state index in [-0.39, 0.29) is 17.9 Å². The van der Waals surface area contributed by atoms with Crippen molar-refractivity contribution in [3.05, 3.63) is 32.6 Å². The molecule has 0 aliphatic heterocycles. The van der Waals surface area contributed by atoms with Gasteiger partial charge in [-0.2, -0.15) is 0 Å². The van der Waals surface area contributed by atoms with Gasteiger partial charge in [-0.3, -0.25) is 14.3 Å². The number of pyridine rings is 1. The predicted molar refractivity (Wildman–Crippen MR) is 86.5 cm³/mol. The van der Waals surface area contributed by atoms with Gasteiger partial charge in [-0.15, -0.1) is 0 Å². The van der Waals surface area contributed by atoms with Crippen LogP contribution in [0.25, 0.3) is 11.0 Å². The number of aromatic nitrogens is 3. The zero-order chi connectivity index (χ0) is 16.7. The van der Waals surface area contributed by atoms with Crippen molar-refractivity contribution in [2.45, 2.75) is 26.6 Å². The van der Waals surface area contributed by atoms with Crippen molar-refractivity contribution >= 4 is 30.3 Å². The van der Waals surface area contributed by atoms with Gasteiger partial charge in [0.15, 0.2) is 5.69 Å². The molecule has 22 heavy (non-hydrogen) atoms. The largest absolute Gasteiger partial charge is 0.461 e. The molecule has 118 valence electrons. The minimum absolute atomic E-state index is 0.118. The number of nitrogens with zero attached hydrogens (tertiary/aromatic N) is 2. The lowest BCUT2D eigenvalue weighted by molar-refractivity contribution is 0.0520. The molecule has 2 rings (SSSR count). The molecule has 0 aliphatic carbocycles. The number of nitrogens with one attached hydrogen (secondary N) is 1. The zero-order valence-electron chi connectivity index (χ0n) is 13.3. The molecule has 2 aromatic rings. The summed E-state index contributed by atoms with van der Waals surface area (Å²) in [6.07, 6.45) is 0. The van der Waals surface area contributed by atoms with Crippen molar-refractivity contribution in [3.8, 4) is 0 Å². The van der Waals surface area contributed by atoms with Gasteiger partial charge in [0.2, 0.25) is 0 Å². The number of carbonyl (C=O) groups is 1. The average molecular weight is 321 g/mol. The van der Waals surface area contributed by atoms with Gasteiger partial charge in [-0.05, 0) is 18.2 Å². The van der Waals surface area contributed by atoms with Crippen molar-refractivity contribution in [2.75, 3.05) is 6.61 Å². The Morgan fingerprint density at radius 3 is 2.55 bits per heavy atom. The summed E-state index contributed by atoms with van der Waals surface area (Å²) in [5, 5.41) is 1.15. The Balaban J connectivity index is 2.96. The third-order valence-corrected chi connectivity index (χ3v) is 5.37. The number of hydrogen-bond acceptors (Lipinski definition) is 5. The molecule has 0 aliphatic rings. The van der Waals surface area contributed by atoms with Gasteiger partial charge in [-0.25, -0.2) is 14.6 Å². The van der Waals surface area contributed by atoms with Crippen LogP contribution < -0.4 is 16.4 Å². The van der Waals surface area contributed by atoms with E-state index in [0.29, 0.717) is 5.39 Å². The molecule has 0 aromatic carbocycles. The number of rotatable bonds is 3. The van der Waals surface area contributed by atoms with Crippen LogP contribution in [0.1, 0.15) is 17.4 Å². The molecule has 0 spiro atoms. The first-order valence-electron chi connectivity index (χ1n) is 6.98. The molecule has 0 atom stereocenters. The van der Waals surface area contributed by atoms with Crippen LogP contribution in [0.3, 0.4) is 0 Å². The maximum atomic E-state index is 12.2. The number of fused-ring (bicyclic) bond motifs is 1. The lowest BCUT2D eigenvalue weighted by atomic mass is 10.2. The van der Waals surface area contributed by atoms with Crippen LogP contribution in [-0.4, -0.2) is 35.2 Å². The van der Waals surface area contributed by atoms with Crippen LogP contribution in [0, 0.1) is 0 Å². The number of carbonyl (C=O) groups excluding carboxylic acids is 1. The fourth-order valence-electron chi connectivity index (χ4n) is 2.24. The van der Waals surface area contributed by atoms with E-state index < -0.39 is 25.3 Å². The Hall–Kier alpha value is -2.22. The van der Waals surface area contributed by atoms with Crippen LogP contribution in [0.15, 0.2) is 15.7 Å². The first-order chi connectivity index (χ1) is 10.2. The fraction of sp³-hybridized carbons (Fsp3) is 0.429. The number of aryl methyl sites for hydroxylation is 1. The molecule has 0 saturated heterocycles. The number of aromatic amines is 1. The standard InChI is InChI=1S/C14H19N3O4Si/c1-6-21-13(19)8-7-9(22(3,4)5)10-11(15-8)17(2)14(20)16-12(10)18/h7H,6H2,1-5H3,(H,16,18,20). The average Bonchev–Trinajstić information content (AvgIpc) is 2.42. The first-order valence-corrected chi connectivity index (χ1v) is 10.5. The molecule has 0 bridgehead atoms. The summed E-state index contributed by atoms with van der Waals surface area (Å²) in [4.78, 5) is 42.5. The van der Waals surface area contributed by atoms with Crippen LogP contribution in [0.5, 0.6) is 0 Å². The third kappa shape index (κ3) is 2.73. The normalized spacial score (nSPS) is 11.7. The highest BCUT2D eigenvalue weighted by Crippen LogP contribution is 2.12. The topological polar surface area (TPSA) is 94.0 Å². The van der Waals surface area contributed by atoms with E-state index in [1.807, 2.05) is 0 Å². The molecule has 0 amide bonds. The Morgan fingerprint density at radius 2 is 2.00 bits per heavy atom. The smallest absolute Gasteiger partial charge is 0.356 e. The van der Waals surface area contributed by atoms with Crippen molar-refractivity contribution in [2.24, 2.45) is 7.05 Å². The summed E-state index contributed by atoms with van der Waals surface area (Å²) in [6.45, 7) is 8.11. The summed E-state index contributed by atoms with van der Waals surface area (Å²) >= 11 is 0. The van der Waals surface area contributed by atoms with Crippen LogP contribution >= 0.6 is 0 Å². The molecular formula is C14H19N3O4Si. The summed E-state index contributed by atoms with van der Waals surface area (Å²) in [5.41, 5.74) is -0.713. The van der Waals surface area contributed by atoms with Gasteiger partial charge < -0.3 is 4.74 Å². The first kappa shape index (κ1) is 16.2. The molecule has 7 nitrogen and oxygen atoms in total. The minimum atomic E-state index is -1.95. The molecule has 0 unspecified atom stereocenters. The second-order valence-electron chi connectivity index (χ2n) is 6.04. The van der Waals surface area contributed by atoms with E-state index in [2.05, 4.69) is 29.6 Å². The highest BCUT2D eigenvalue weighted by Gasteiger charge is 2.25. The zero-order valence-corrected chi connectivity index (χ0v) is 14.3. The number of ether oxygens (including phenoxy) is 1. The maximum absolute atomic E-state index is 12.2. The summed E-state index contributed by atoms with van der Waals surface area (Å²) in [7, 11) is -0.442. The van der Waals surface area contributed by atoms with Gasteiger partial charge in [-0.1, -0.05) is 19.6 Å². The molecule has 2 aromatic heterocycles. The molecule has 0 saturated carbocycles. The lowest BCUT2D eigenvalue weighted by Crippen LogP contribution is -2.43. The van der Waals surface area contributed by atoms with Gasteiger partial charge in [0.1, 0.15) is 5.65 Å². The van der Waals surface area contributed by atoms with E-state index >= 15 is 0 Å². The van der Waals surface area contributed by atoms with Crippen molar-refractivity contribution in [1.82, 2.24) is 14.5 Å². The molecular weight excluding hydrogens is 302 g/mol.